The number of hydrazone groups is 1. The lowest BCUT2D eigenvalue weighted by Crippen LogP contribution is -2.18. The number of nitrogens with zero attached hydrogens (tertiary/aromatic N) is 2. The van der Waals surface area contributed by atoms with Crippen molar-refractivity contribution in [2.75, 3.05) is 6.61 Å². The molecule has 6 nitrogen and oxygen atoms in total. The smallest absolute Gasteiger partial charge is 0.289 e. The number of benzene rings is 1. The first-order valence-corrected chi connectivity index (χ1v) is 7.59. The lowest BCUT2D eigenvalue weighted by Gasteiger charge is -2.08. The molecule has 0 aliphatic rings. The van der Waals surface area contributed by atoms with E-state index in [1.165, 1.54) is 12.4 Å². The molecule has 0 spiro atoms. The number of ether oxygens (including phenoxy) is 1. The van der Waals surface area contributed by atoms with Crippen LogP contribution in [-0.4, -0.2) is 28.8 Å². The summed E-state index contributed by atoms with van der Waals surface area (Å²) < 4.78 is 5.98. The molecule has 2 aromatic rings. The van der Waals surface area contributed by atoms with Gasteiger partial charge in [0.25, 0.3) is 5.91 Å². The van der Waals surface area contributed by atoms with Crippen LogP contribution in [0.2, 0.25) is 0 Å². The van der Waals surface area contributed by atoms with Gasteiger partial charge in [0.1, 0.15) is 5.69 Å². The fourth-order valence-electron chi connectivity index (χ4n) is 1.65. The molecule has 0 radical (unpaired) electrons. The summed E-state index contributed by atoms with van der Waals surface area (Å²) in [5.41, 5.74) is 3.38. The van der Waals surface area contributed by atoms with Crippen molar-refractivity contribution < 1.29 is 14.6 Å². The number of halogens is 1. The van der Waals surface area contributed by atoms with E-state index >= 15 is 0 Å². The van der Waals surface area contributed by atoms with Crippen molar-refractivity contribution in [3.05, 3.63) is 51.4 Å². The van der Waals surface area contributed by atoms with Crippen LogP contribution >= 0.6 is 22.6 Å². The van der Waals surface area contributed by atoms with Crippen LogP contribution in [0, 0.1) is 3.57 Å². The number of carbonyl (C=O) groups is 1. The third kappa shape index (κ3) is 4.17. The van der Waals surface area contributed by atoms with E-state index in [2.05, 4.69) is 15.5 Å². The van der Waals surface area contributed by atoms with Crippen LogP contribution in [0.3, 0.4) is 0 Å². The standard InChI is InChI=1S/C15H14IN3O3/c1-2-22-13-8-10(7-11(16)14(13)20)9-18-19-15(21)12-5-3-4-6-17-12/h3-9,20H,2H2,1H3,(H,19,21). The van der Waals surface area contributed by atoms with Gasteiger partial charge >= 0.3 is 0 Å². The topological polar surface area (TPSA) is 83.8 Å². The molecule has 1 heterocycles. The van der Waals surface area contributed by atoms with Gasteiger partial charge in [-0.15, -0.1) is 0 Å². The highest BCUT2D eigenvalue weighted by atomic mass is 127. The largest absolute Gasteiger partial charge is 0.504 e. The van der Waals surface area contributed by atoms with Gasteiger partial charge in [-0.2, -0.15) is 5.10 Å². The first-order valence-electron chi connectivity index (χ1n) is 6.51. The Kier molecular flexibility index (Phi) is 5.70. The lowest BCUT2D eigenvalue weighted by atomic mass is 10.2. The number of aromatic hydroxyl groups is 1. The molecule has 1 aromatic carbocycles. The number of rotatable bonds is 5. The molecular formula is C15H14IN3O3. The number of nitrogens with one attached hydrogen (secondary N) is 1. The summed E-state index contributed by atoms with van der Waals surface area (Å²) in [5.74, 6) is 0.0828. The fraction of sp³-hybridized carbons (Fsp3) is 0.133. The summed E-state index contributed by atoms with van der Waals surface area (Å²) >= 11 is 2.00. The van der Waals surface area contributed by atoms with E-state index in [4.69, 9.17) is 4.74 Å². The van der Waals surface area contributed by atoms with Gasteiger partial charge in [-0.05, 0) is 59.3 Å². The van der Waals surface area contributed by atoms with Gasteiger partial charge < -0.3 is 9.84 Å². The Morgan fingerprint density at radius 3 is 3.00 bits per heavy atom. The van der Waals surface area contributed by atoms with Gasteiger partial charge in [0, 0.05) is 6.20 Å². The number of hydrogen-bond acceptors (Lipinski definition) is 5. The summed E-state index contributed by atoms with van der Waals surface area (Å²) in [6.45, 7) is 2.28. The van der Waals surface area contributed by atoms with Gasteiger partial charge in [-0.25, -0.2) is 5.43 Å². The van der Waals surface area contributed by atoms with Crippen molar-refractivity contribution in [3.8, 4) is 11.5 Å². The molecule has 0 saturated heterocycles. The van der Waals surface area contributed by atoms with Crippen molar-refractivity contribution in [2.24, 2.45) is 5.10 Å². The zero-order chi connectivity index (χ0) is 15.9. The number of aromatic nitrogens is 1. The number of carbonyl (C=O) groups excluding carboxylic acids is 1. The maximum atomic E-state index is 11.8. The number of hydrogen-bond donors (Lipinski definition) is 2. The molecule has 2 N–H and O–H groups in total. The maximum Gasteiger partial charge on any atom is 0.289 e. The number of phenolic OH excluding ortho intramolecular Hbond substituents is 1. The molecule has 0 bridgehead atoms. The summed E-state index contributed by atoms with van der Waals surface area (Å²) in [6, 6.07) is 8.43. The highest BCUT2D eigenvalue weighted by molar-refractivity contribution is 14.1. The van der Waals surface area contributed by atoms with Crippen LogP contribution in [0.25, 0.3) is 0 Å². The third-order valence-corrected chi connectivity index (χ3v) is 3.45. The molecule has 7 heteroatoms. The molecule has 0 saturated carbocycles. The monoisotopic (exact) mass is 411 g/mol. The SMILES string of the molecule is CCOc1cc(C=NNC(=O)c2ccccn2)cc(I)c1O. The minimum Gasteiger partial charge on any atom is -0.504 e. The van der Waals surface area contributed by atoms with E-state index in [1.807, 2.05) is 29.5 Å². The van der Waals surface area contributed by atoms with Gasteiger partial charge in [-0.1, -0.05) is 6.07 Å². The van der Waals surface area contributed by atoms with E-state index in [-0.39, 0.29) is 11.4 Å². The molecule has 114 valence electrons. The zero-order valence-corrected chi connectivity index (χ0v) is 13.9. The Balaban J connectivity index is 2.09. The number of phenols is 1. The number of amides is 1. The molecule has 1 amide bonds. The quantitative estimate of drug-likeness (QED) is 0.450. The van der Waals surface area contributed by atoms with Crippen LogP contribution in [-0.2, 0) is 0 Å². The van der Waals surface area contributed by atoms with Crippen molar-refractivity contribution >= 4 is 34.7 Å². The summed E-state index contributed by atoms with van der Waals surface area (Å²) in [6.07, 6.45) is 3.01. The molecular weight excluding hydrogens is 397 g/mol. The molecule has 0 unspecified atom stereocenters. The molecule has 0 atom stereocenters. The van der Waals surface area contributed by atoms with E-state index in [0.717, 1.165) is 0 Å². The normalized spacial score (nSPS) is 10.6. The van der Waals surface area contributed by atoms with Gasteiger partial charge in [0.2, 0.25) is 0 Å². The molecule has 0 fully saturated rings. The second-order valence-corrected chi connectivity index (χ2v) is 5.36. The second kappa shape index (κ2) is 7.74. The van der Waals surface area contributed by atoms with Crippen LogP contribution in [0.5, 0.6) is 11.5 Å². The Morgan fingerprint density at radius 1 is 1.50 bits per heavy atom. The number of pyridine rings is 1. The minimum atomic E-state index is -0.393. The maximum absolute atomic E-state index is 11.8. The fourth-order valence-corrected chi connectivity index (χ4v) is 2.28. The third-order valence-electron chi connectivity index (χ3n) is 2.63. The molecule has 1 aromatic heterocycles. The van der Waals surface area contributed by atoms with Gasteiger partial charge in [-0.3, -0.25) is 9.78 Å². The molecule has 0 aliphatic heterocycles. The van der Waals surface area contributed by atoms with Crippen LogP contribution in [0.4, 0.5) is 0 Å². The van der Waals surface area contributed by atoms with E-state index in [9.17, 15) is 9.90 Å². The molecule has 2 rings (SSSR count). The van der Waals surface area contributed by atoms with Crippen LogP contribution in [0.15, 0.2) is 41.6 Å². The van der Waals surface area contributed by atoms with Crippen LogP contribution in [0.1, 0.15) is 23.0 Å². The van der Waals surface area contributed by atoms with E-state index < -0.39 is 5.91 Å². The Bertz CT molecular complexity index is 690. The first kappa shape index (κ1) is 16.2. The first-order chi connectivity index (χ1) is 10.6. The summed E-state index contributed by atoms with van der Waals surface area (Å²) in [4.78, 5) is 15.7. The van der Waals surface area contributed by atoms with Crippen molar-refractivity contribution in [1.29, 1.82) is 0 Å². The Hall–Kier alpha value is -2.16. The summed E-state index contributed by atoms with van der Waals surface area (Å²) in [7, 11) is 0. The average Bonchev–Trinajstić information content (AvgIpc) is 2.53. The highest BCUT2D eigenvalue weighted by Crippen LogP contribution is 2.32. The average molecular weight is 411 g/mol. The van der Waals surface area contributed by atoms with Crippen molar-refractivity contribution in [1.82, 2.24) is 10.4 Å². The van der Waals surface area contributed by atoms with Crippen molar-refractivity contribution in [2.45, 2.75) is 6.92 Å². The van der Waals surface area contributed by atoms with Gasteiger partial charge in [0.15, 0.2) is 11.5 Å². The Morgan fingerprint density at radius 2 is 2.32 bits per heavy atom. The predicted molar refractivity (Wildman–Crippen MR) is 91.3 cm³/mol. The van der Waals surface area contributed by atoms with Gasteiger partial charge in [0.05, 0.1) is 16.4 Å². The second-order valence-electron chi connectivity index (χ2n) is 4.20. The molecule has 22 heavy (non-hydrogen) atoms. The minimum absolute atomic E-state index is 0.0946. The van der Waals surface area contributed by atoms with Crippen molar-refractivity contribution in [3.63, 3.8) is 0 Å². The van der Waals surface area contributed by atoms with E-state index in [1.54, 1.807) is 30.3 Å². The van der Waals surface area contributed by atoms with Crippen LogP contribution < -0.4 is 10.2 Å². The zero-order valence-electron chi connectivity index (χ0n) is 11.8. The molecule has 0 aliphatic carbocycles. The van der Waals surface area contributed by atoms with E-state index in [0.29, 0.717) is 21.5 Å². The summed E-state index contributed by atoms with van der Waals surface area (Å²) in [5, 5.41) is 13.7. The predicted octanol–water partition coefficient (Wildman–Crippen LogP) is 2.55. The lowest BCUT2D eigenvalue weighted by molar-refractivity contribution is 0.0950. The Labute approximate surface area is 141 Å². The highest BCUT2D eigenvalue weighted by Gasteiger charge is 2.08.